The highest BCUT2D eigenvalue weighted by Crippen LogP contribution is 2.38. The molecule has 1 nitrogen and oxygen atoms in total. The number of hydrogen-bond acceptors (Lipinski definition) is 2. The van der Waals surface area contributed by atoms with E-state index in [0.717, 1.165) is 12.5 Å². The second kappa shape index (κ2) is 5.41. The van der Waals surface area contributed by atoms with Gasteiger partial charge in [0, 0.05) is 17.5 Å². The summed E-state index contributed by atoms with van der Waals surface area (Å²) in [6.45, 7) is 8.21. The summed E-state index contributed by atoms with van der Waals surface area (Å²) in [4.78, 5) is 1.42. The Balaban J connectivity index is 1.84. The topological polar surface area (TPSA) is 12.0 Å². The minimum atomic E-state index is 0.545. The van der Waals surface area contributed by atoms with E-state index in [-0.39, 0.29) is 0 Å². The first kappa shape index (κ1) is 13.6. The van der Waals surface area contributed by atoms with Crippen LogP contribution in [0.25, 0.3) is 0 Å². The van der Waals surface area contributed by atoms with Crippen molar-refractivity contribution < 1.29 is 0 Å². The maximum absolute atomic E-state index is 3.73. The third-order valence-electron chi connectivity index (χ3n) is 3.86. The second-order valence-electron chi connectivity index (χ2n) is 6.08. The number of thiophene rings is 1. The molecule has 1 heterocycles. The monoisotopic (exact) mass is 315 g/mol. The maximum atomic E-state index is 3.73. The van der Waals surface area contributed by atoms with E-state index in [9.17, 15) is 0 Å². The van der Waals surface area contributed by atoms with Gasteiger partial charge in [-0.3, -0.25) is 0 Å². The third-order valence-corrected chi connectivity index (χ3v) is 5.48. The number of halogens is 1. The van der Waals surface area contributed by atoms with Crippen LogP contribution in [0.4, 0.5) is 0 Å². The van der Waals surface area contributed by atoms with Gasteiger partial charge in [-0.1, -0.05) is 20.8 Å². The van der Waals surface area contributed by atoms with E-state index in [2.05, 4.69) is 54.2 Å². The lowest BCUT2D eigenvalue weighted by Crippen LogP contribution is -2.41. The largest absolute Gasteiger partial charge is 0.309 e. The molecule has 0 radical (unpaired) electrons. The number of nitrogens with one attached hydrogen (secondary N) is 1. The van der Waals surface area contributed by atoms with Crippen LogP contribution >= 0.6 is 27.3 Å². The molecular formula is C14H22BrNS. The van der Waals surface area contributed by atoms with Crippen LogP contribution in [0.3, 0.4) is 0 Å². The highest BCUT2D eigenvalue weighted by Gasteiger charge is 2.31. The highest BCUT2D eigenvalue weighted by molar-refractivity contribution is 9.11. The quantitative estimate of drug-likeness (QED) is 0.843. The first-order valence-corrected chi connectivity index (χ1v) is 8.05. The molecule has 17 heavy (non-hydrogen) atoms. The summed E-state index contributed by atoms with van der Waals surface area (Å²) < 4.78 is 1.23. The molecule has 1 fully saturated rings. The molecule has 2 rings (SSSR count). The standard InChI is InChI=1S/C14H22BrNS/c1-10-8-14(2,3)7-6-12(10)16-9-11-4-5-13(15)17-11/h4-5,10,12,16H,6-9H2,1-3H3. The molecule has 0 amide bonds. The zero-order chi connectivity index (χ0) is 12.5. The molecule has 2 unspecified atom stereocenters. The van der Waals surface area contributed by atoms with Crippen LogP contribution in [0.1, 0.15) is 44.9 Å². The molecule has 1 aromatic heterocycles. The molecule has 0 saturated heterocycles. The van der Waals surface area contributed by atoms with Crippen molar-refractivity contribution in [1.82, 2.24) is 5.32 Å². The second-order valence-corrected chi connectivity index (χ2v) is 8.63. The van der Waals surface area contributed by atoms with Gasteiger partial charge in [0.25, 0.3) is 0 Å². The summed E-state index contributed by atoms with van der Waals surface area (Å²) in [6, 6.07) is 5.04. The van der Waals surface area contributed by atoms with Gasteiger partial charge < -0.3 is 5.32 Å². The number of hydrogen-bond donors (Lipinski definition) is 1. The molecule has 0 bridgehead atoms. The van der Waals surface area contributed by atoms with Crippen molar-refractivity contribution in [2.45, 2.75) is 52.6 Å². The zero-order valence-electron chi connectivity index (χ0n) is 10.9. The van der Waals surface area contributed by atoms with Crippen LogP contribution in [0.5, 0.6) is 0 Å². The van der Waals surface area contributed by atoms with E-state index < -0.39 is 0 Å². The smallest absolute Gasteiger partial charge is 0.0701 e. The van der Waals surface area contributed by atoms with Crippen molar-refractivity contribution in [2.24, 2.45) is 11.3 Å². The molecule has 0 spiro atoms. The Morgan fingerprint density at radius 1 is 1.47 bits per heavy atom. The summed E-state index contributed by atoms with van der Waals surface area (Å²) in [7, 11) is 0. The van der Waals surface area contributed by atoms with Crippen LogP contribution in [-0.4, -0.2) is 6.04 Å². The molecule has 0 aromatic carbocycles. The average Bonchev–Trinajstić information content (AvgIpc) is 2.62. The van der Waals surface area contributed by atoms with Gasteiger partial charge in [0.2, 0.25) is 0 Å². The molecule has 1 saturated carbocycles. The fourth-order valence-electron chi connectivity index (χ4n) is 2.93. The lowest BCUT2D eigenvalue weighted by molar-refractivity contribution is 0.148. The Morgan fingerprint density at radius 3 is 2.82 bits per heavy atom. The summed E-state index contributed by atoms with van der Waals surface area (Å²) in [5, 5.41) is 3.73. The SMILES string of the molecule is CC1CC(C)(C)CCC1NCc1ccc(Br)s1. The molecule has 96 valence electrons. The lowest BCUT2D eigenvalue weighted by atomic mass is 9.70. The first-order chi connectivity index (χ1) is 7.96. The zero-order valence-corrected chi connectivity index (χ0v) is 13.3. The molecule has 3 heteroatoms. The Bertz CT molecular complexity index is 372. The van der Waals surface area contributed by atoms with Gasteiger partial charge in [-0.15, -0.1) is 11.3 Å². The van der Waals surface area contributed by atoms with Gasteiger partial charge in [-0.25, -0.2) is 0 Å². The summed E-state index contributed by atoms with van der Waals surface area (Å²) in [5.41, 5.74) is 0.545. The van der Waals surface area contributed by atoms with Crippen molar-refractivity contribution in [3.05, 3.63) is 20.8 Å². The molecule has 1 aliphatic carbocycles. The van der Waals surface area contributed by atoms with Gasteiger partial charge in [-0.05, 0) is 58.7 Å². The first-order valence-electron chi connectivity index (χ1n) is 6.44. The minimum absolute atomic E-state index is 0.545. The Labute approximate surface area is 117 Å². The lowest BCUT2D eigenvalue weighted by Gasteiger charge is -2.39. The normalized spacial score (nSPS) is 28.2. The van der Waals surface area contributed by atoms with Crippen LogP contribution in [0, 0.1) is 11.3 Å². The molecule has 2 atom stereocenters. The van der Waals surface area contributed by atoms with Crippen LogP contribution < -0.4 is 5.32 Å². The van der Waals surface area contributed by atoms with E-state index in [1.807, 2.05) is 11.3 Å². The Hall–Kier alpha value is 0.140. The maximum Gasteiger partial charge on any atom is 0.0701 e. The van der Waals surface area contributed by atoms with Crippen molar-refractivity contribution in [2.75, 3.05) is 0 Å². The molecule has 1 aromatic rings. The molecule has 1 N–H and O–H groups in total. The van der Waals surface area contributed by atoms with E-state index in [1.54, 1.807) is 0 Å². The van der Waals surface area contributed by atoms with Crippen LogP contribution in [0.2, 0.25) is 0 Å². The van der Waals surface area contributed by atoms with Gasteiger partial charge in [0.1, 0.15) is 0 Å². The summed E-state index contributed by atoms with van der Waals surface area (Å²) >= 11 is 5.35. The fraction of sp³-hybridized carbons (Fsp3) is 0.714. The van der Waals surface area contributed by atoms with E-state index in [0.29, 0.717) is 11.5 Å². The van der Waals surface area contributed by atoms with Crippen LogP contribution in [0.15, 0.2) is 15.9 Å². The van der Waals surface area contributed by atoms with Crippen molar-refractivity contribution >= 4 is 27.3 Å². The minimum Gasteiger partial charge on any atom is -0.309 e. The van der Waals surface area contributed by atoms with Crippen LogP contribution in [-0.2, 0) is 6.54 Å². The highest BCUT2D eigenvalue weighted by atomic mass is 79.9. The van der Waals surface area contributed by atoms with Crippen molar-refractivity contribution in [3.63, 3.8) is 0 Å². The van der Waals surface area contributed by atoms with Crippen molar-refractivity contribution in [1.29, 1.82) is 0 Å². The summed E-state index contributed by atoms with van der Waals surface area (Å²) in [6.07, 6.45) is 4.02. The van der Waals surface area contributed by atoms with Gasteiger partial charge in [-0.2, -0.15) is 0 Å². The predicted octanol–water partition coefficient (Wildman–Crippen LogP) is 4.82. The predicted molar refractivity (Wildman–Crippen MR) is 79.4 cm³/mol. The van der Waals surface area contributed by atoms with Gasteiger partial charge >= 0.3 is 0 Å². The molecule has 0 aliphatic heterocycles. The molecular weight excluding hydrogens is 294 g/mol. The molecule has 1 aliphatic rings. The van der Waals surface area contributed by atoms with Gasteiger partial charge in [0.15, 0.2) is 0 Å². The fourth-order valence-corrected chi connectivity index (χ4v) is 4.36. The number of rotatable bonds is 3. The summed E-state index contributed by atoms with van der Waals surface area (Å²) in [5.74, 6) is 0.794. The van der Waals surface area contributed by atoms with Gasteiger partial charge in [0.05, 0.1) is 3.79 Å². The Morgan fingerprint density at radius 2 is 2.24 bits per heavy atom. The Kier molecular flexibility index (Phi) is 4.32. The van der Waals surface area contributed by atoms with E-state index in [4.69, 9.17) is 0 Å². The third kappa shape index (κ3) is 3.80. The van der Waals surface area contributed by atoms with E-state index in [1.165, 1.54) is 27.9 Å². The average molecular weight is 316 g/mol. The van der Waals surface area contributed by atoms with E-state index >= 15 is 0 Å². The van der Waals surface area contributed by atoms with Crippen molar-refractivity contribution in [3.8, 4) is 0 Å².